The number of hydrogen-bond donors (Lipinski definition) is 2. The van der Waals surface area contributed by atoms with Crippen molar-refractivity contribution in [3.8, 4) is 0 Å². The molecular formula is C31H28N4O4S. The van der Waals surface area contributed by atoms with Gasteiger partial charge in [-0.05, 0) is 53.1 Å². The number of ether oxygens (including phenoxy) is 1. The molecule has 0 saturated carbocycles. The predicted molar refractivity (Wildman–Crippen MR) is 154 cm³/mol. The lowest BCUT2D eigenvalue weighted by molar-refractivity contribution is -0.120. The molecule has 2 N–H and O–H groups in total. The summed E-state index contributed by atoms with van der Waals surface area (Å²) in [6.45, 7) is 0.469. The summed E-state index contributed by atoms with van der Waals surface area (Å²) in [6, 6.07) is 28.6. The number of rotatable bonds is 8. The lowest BCUT2D eigenvalue weighted by Crippen LogP contribution is -2.45. The fourth-order valence-corrected chi connectivity index (χ4v) is 5.74. The van der Waals surface area contributed by atoms with Crippen molar-refractivity contribution < 1.29 is 19.1 Å². The van der Waals surface area contributed by atoms with Gasteiger partial charge in [-0.25, -0.2) is 4.79 Å². The summed E-state index contributed by atoms with van der Waals surface area (Å²) in [5.41, 5.74) is 3.82. The second-order valence-corrected chi connectivity index (χ2v) is 10.3. The molecule has 0 aliphatic carbocycles. The molecule has 1 aliphatic heterocycles. The van der Waals surface area contributed by atoms with Crippen LogP contribution in [0.5, 0.6) is 0 Å². The maximum Gasteiger partial charge on any atom is 0.412 e. The molecule has 2 unspecified atom stereocenters. The number of thioether (sulfide) groups is 1. The Morgan fingerprint density at radius 2 is 1.52 bits per heavy atom. The molecule has 4 aromatic rings. The van der Waals surface area contributed by atoms with Crippen LogP contribution >= 0.6 is 11.8 Å². The summed E-state index contributed by atoms with van der Waals surface area (Å²) in [4.78, 5) is 44.6. The van der Waals surface area contributed by atoms with E-state index in [2.05, 4.69) is 15.6 Å². The third-order valence-electron chi connectivity index (χ3n) is 6.42. The number of nitrogens with zero attached hydrogens (tertiary/aromatic N) is 2. The van der Waals surface area contributed by atoms with Gasteiger partial charge in [0, 0.05) is 35.9 Å². The van der Waals surface area contributed by atoms with Gasteiger partial charge in [-0.1, -0.05) is 60.7 Å². The highest BCUT2D eigenvalue weighted by Gasteiger charge is 2.43. The van der Waals surface area contributed by atoms with Crippen molar-refractivity contribution in [1.29, 1.82) is 0 Å². The van der Waals surface area contributed by atoms with Gasteiger partial charge in [0.05, 0.1) is 0 Å². The highest BCUT2D eigenvalue weighted by molar-refractivity contribution is 7.99. The number of anilines is 1. The Kier molecular flexibility index (Phi) is 8.73. The summed E-state index contributed by atoms with van der Waals surface area (Å²) >= 11 is 1.51. The number of aromatic nitrogens is 1. The van der Waals surface area contributed by atoms with E-state index in [1.165, 1.54) is 16.7 Å². The third-order valence-corrected chi connectivity index (χ3v) is 7.74. The Hall–Kier alpha value is -4.63. The van der Waals surface area contributed by atoms with Crippen LogP contribution in [0.3, 0.4) is 0 Å². The lowest BCUT2D eigenvalue weighted by atomic mass is 10.1. The van der Waals surface area contributed by atoms with E-state index in [9.17, 15) is 14.4 Å². The van der Waals surface area contributed by atoms with E-state index in [4.69, 9.17) is 4.74 Å². The van der Waals surface area contributed by atoms with Crippen LogP contribution in [0.25, 0.3) is 0 Å². The minimum absolute atomic E-state index is 0.112. The van der Waals surface area contributed by atoms with Gasteiger partial charge in [0.25, 0.3) is 5.91 Å². The number of carbonyl (C=O) groups is 3. The van der Waals surface area contributed by atoms with Crippen LogP contribution in [0.2, 0.25) is 0 Å². The Labute approximate surface area is 236 Å². The minimum atomic E-state index is -0.726. The van der Waals surface area contributed by atoms with Gasteiger partial charge in [0.1, 0.15) is 18.0 Å². The highest BCUT2D eigenvalue weighted by Crippen LogP contribution is 2.42. The number of pyridine rings is 1. The largest absolute Gasteiger partial charge is 0.444 e. The molecule has 1 saturated heterocycles. The topological polar surface area (TPSA) is 101 Å². The van der Waals surface area contributed by atoms with Crippen LogP contribution < -0.4 is 10.6 Å². The first-order valence-electron chi connectivity index (χ1n) is 12.8. The average molecular weight is 553 g/mol. The molecule has 0 spiro atoms. The minimum Gasteiger partial charge on any atom is -0.444 e. The second-order valence-electron chi connectivity index (χ2n) is 9.16. The van der Waals surface area contributed by atoms with E-state index in [0.717, 1.165) is 16.7 Å². The molecule has 202 valence electrons. The molecule has 1 fully saturated rings. The molecule has 40 heavy (non-hydrogen) atoms. The van der Waals surface area contributed by atoms with E-state index >= 15 is 0 Å². The molecule has 2 heterocycles. The molecule has 0 bridgehead atoms. The highest BCUT2D eigenvalue weighted by atomic mass is 32.2. The Balaban J connectivity index is 1.23. The van der Waals surface area contributed by atoms with Crippen LogP contribution in [-0.2, 0) is 22.7 Å². The van der Waals surface area contributed by atoms with Gasteiger partial charge in [-0.2, -0.15) is 0 Å². The predicted octanol–water partition coefficient (Wildman–Crippen LogP) is 5.40. The zero-order valence-electron chi connectivity index (χ0n) is 21.6. The van der Waals surface area contributed by atoms with Crippen molar-refractivity contribution in [2.45, 2.75) is 24.6 Å². The van der Waals surface area contributed by atoms with Gasteiger partial charge in [-0.3, -0.25) is 19.5 Å². The summed E-state index contributed by atoms with van der Waals surface area (Å²) < 4.78 is 5.63. The first-order chi connectivity index (χ1) is 19.6. The second kappa shape index (κ2) is 12.9. The molecule has 3 amide bonds. The van der Waals surface area contributed by atoms with Crippen LogP contribution in [0, 0.1) is 0 Å². The fourth-order valence-electron chi connectivity index (χ4n) is 4.32. The number of hydrogen-bond acceptors (Lipinski definition) is 6. The number of nitrogens with one attached hydrogen (secondary N) is 2. The Morgan fingerprint density at radius 1 is 0.850 bits per heavy atom. The van der Waals surface area contributed by atoms with Crippen molar-refractivity contribution in [3.05, 3.63) is 132 Å². The first kappa shape index (κ1) is 27.0. The number of amides is 3. The number of carbonyl (C=O) groups excluding carboxylic acids is 3. The zero-order valence-corrected chi connectivity index (χ0v) is 22.4. The quantitative estimate of drug-likeness (QED) is 0.304. The van der Waals surface area contributed by atoms with E-state index in [-0.39, 0.29) is 23.8 Å². The summed E-state index contributed by atoms with van der Waals surface area (Å²) in [7, 11) is 0. The molecule has 3 aromatic carbocycles. The van der Waals surface area contributed by atoms with Gasteiger partial charge in [0.15, 0.2) is 0 Å². The van der Waals surface area contributed by atoms with Crippen molar-refractivity contribution in [3.63, 3.8) is 0 Å². The maximum absolute atomic E-state index is 13.4. The van der Waals surface area contributed by atoms with E-state index in [1.807, 2.05) is 72.8 Å². The summed E-state index contributed by atoms with van der Waals surface area (Å²) in [5, 5.41) is 5.44. The van der Waals surface area contributed by atoms with Gasteiger partial charge in [0.2, 0.25) is 5.91 Å². The SMILES string of the molecule is O=C(NCc1ccc(NC(=O)C2CSC(c3ccncc3)N2C(=O)OCc2ccccc2)cc1)c1ccccc1. The fraction of sp³-hybridized carbons (Fsp3) is 0.161. The van der Waals surface area contributed by atoms with Gasteiger partial charge < -0.3 is 15.4 Å². The van der Waals surface area contributed by atoms with Crippen LogP contribution in [0.1, 0.15) is 32.4 Å². The monoisotopic (exact) mass is 552 g/mol. The smallest absolute Gasteiger partial charge is 0.412 e. The molecule has 2 atom stereocenters. The van der Waals surface area contributed by atoms with E-state index in [1.54, 1.807) is 36.7 Å². The normalized spacial score (nSPS) is 16.2. The standard InChI is InChI=1S/C31H28N4O4S/c36-28(24-9-5-2-6-10-24)33-19-22-11-13-26(14-12-22)34-29(37)27-21-40-30(25-15-17-32-18-16-25)35(27)31(38)39-20-23-7-3-1-4-8-23/h1-18,27,30H,19-21H2,(H,33,36)(H,34,37). The number of benzene rings is 3. The molecule has 1 aliphatic rings. The summed E-state index contributed by atoms with van der Waals surface area (Å²) in [6.07, 6.45) is 2.78. The molecule has 9 heteroatoms. The zero-order chi connectivity index (χ0) is 27.7. The maximum atomic E-state index is 13.4. The third kappa shape index (κ3) is 6.68. The molecule has 8 nitrogen and oxygen atoms in total. The molecule has 1 aromatic heterocycles. The van der Waals surface area contributed by atoms with Crippen molar-refractivity contribution >= 4 is 35.4 Å². The van der Waals surface area contributed by atoms with Crippen molar-refractivity contribution in [2.24, 2.45) is 0 Å². The lowest BCUT2D eigenvalue weighted by Gasteiger charge is -2.28. The van der Waals surface area contributed by atoms with Crippen LogP contribution in [0.4, 0.5) is 10.5 Å². The Bertz CT molecular complexity index is 1440. The average Bonchev–Trinajstić information content (AvgIpc) is 3.46. The van der Waals surface area contributed by atoms with Gasteiger partial charge >= 0.3 is 6.09 Å². The van der Waals surface area contributed by atoms with E-state index in [0.29, 0.717) is 23.5 Å². The van der Waals surface area contributed by atoms with Crippen molar-refractivity contribution in [2.75, 3.05) is 11.1 Å². The molecule has 5 rings (SSSR count). The van der Waals surface area contributed by atoms with Gasteiger partial charge in [-0.15, -0.1) is 11.8 Å². The van der Waals surface area contributed by atoms with Crippen LogP contribution in [-0.4, -0.2) is 39.6 Å². The first-order valence-corrected chi connectivity index (χ1v) is 13.9. The van der Waals surface area contributed by atoms with Crippen molar-refractivity contribution in [1.82, 2.24) is 15.2 Å². The molecular weight excluding hydrogens is 524 g/mol. The Morgan fingerprint density at radius 3 is 2.23 bits per heavy atom. The van der Waals surface area contributed by atoms with E-state index < -0.39 is 12.1 Å². The summed E-state index contributed by atoms with van der Waals surface area (Å²) in [5.74, 6) is -0.0337. The van der Waals surface area contributed by atoms with Crippen LogP contribution in [0.15, 0.2) is 109 Å². The molecule has 0 radical (unpaired) electrons.